The minimum Gasteiger partial charge on any atom is -0.481 e. The van der Waals surface area contributed by atoms with Crippen LogP contribution in [0.5, 0.6) is 5.75 Å². The topological polar surface area (TPSA) is 59.7 Å². The van der Waals surface area contributed by atoms with Gasteiger partial charge in [0.2, 0.25) is 0 Å². The third-order valence-corrected chi connectivity index (χ3v) is 2.44. The van der Waals surface area contributed by atoms with Crippen molar-refractivity contribution in [2.45, 2.75) is 6.92 Å². The summed E-state index contributed by atoms with van der Waals surface area (Å²) >= 11 is 0. The summed E-state index contributed by atoms with van der Waals surface area (Å²) in [5.74, 6) is 5.69. The van der Waals surface area contributed by atoms with E-state index in [9.17, 15) is 4.79 Å². The van der Waals surface area contributed by atoms with Crippen LogP contribution in [0.1, 0.15) is 5.56 Å². The van der Waals surface area contributed by atoms with Gasteiger partial charge >= 0.3 is 5.63 Å². The Balaban J connectivity index is 2.29. The lowest BCUT2D eigenvalue weighted by Gasteiger charge is -2.04. The Morgan fingerprint density at radius 2 is 2.17 bits per heavy atom. The van der Waals surface area contributed by atoms with Gasteiger partial charge in [-0.25, -0.2) is 4.79 Å². The van der Waals surface area contributed by atoms with Crippen LogP contribution >= 0.6 is 0 Å². The molecule has 1 aromatic heterocycles. The lowest BCUT2D eigenvalue weighted by Crippen LogP contribution is -1.99. The maximum absolute atomic E-state index is 11.3. The summed E-state index contributed by atoms with van der Waals surface area (Å²) in [5.41, 5.74) is 0.984. The molecule has 0 aliphatic heterocycles. The average Bonchev–Trinajstić information content (AvgIpc) is 2.34. The number of aryl methyl sites for hydroxylation is 1. The number of fused-ring (bicyclic) bond motifs is 1. The molecule has 0 fully saturated rings. The smallest absolute Gasteiger partial charge is 0.336 e. The van der Waals surface area contributed by atoms with Crippen molar-refractivity contribution < 1.29 is 14.3 Å². The van der Waals surface area contributed by atoms with E-state index in [2.05, 4.69) is 11.8 Å². The van der Waals surface area contributed by atoms with Gasteiger partial charge in [0, 0.05) is 17.5 Å². The number of hydrogen-bond acceptors (Lipinski definition) is 4. The van der Waals surface area contributed by atoms with Gasteiger partial charge in [0.1, 0.15) is 24.5 Å². The SMILES string of the molecule is Cc1cc(=O)oc2cc(OCC#CCO)ccc12. The quantitative estimate of drug-likeness (QED) is 0.642. The predicted octanol–water partition coefficient (Wildman–Crippen LogP) is 1.48. The summed E-state index contributed by atoms with van der Waals surface area (Å²) in [5, 5.41) is 9.37. The van der Waals surface area contributed by atoms with Crippen LogP contribution in [0, 0.1) is 18.8 Å². The van der Waals surface area contributed by atoms with E-state index in [1.807, 2.05) is 13.0 Å². The molecule has 2 rings (SSSR count). The van der Waals surface area contributed by atoms with Gasteiger partial charge in [-0.3, -0.25) is 0 Å². The molecular weight excluding hydrogens is 232 g/mol. The molecule has 4 heteroatoms. The fourth-order valence-corrected chi connectivity index (χ4v) is 1.62. The molecule has 0 aliphatic rings. The van der Waals surface area contributed by atoms with Gasteiger partial charge in [-0.2, -0.15) is 0 Å². The molecule has 4 nitrogen and oxygen atoms in total. The molecule has 92 valence electrons. The lowest BCUT2D eigenvalue weighted by atomic mass is 10.1. The highest BCUT2D eigenvalue weighted by Crippen LogP contribution is 2.21. The summed E-state index contributed by atoms with van der Waals surface area (Å²) in [6.07, 6.45) is 0. The fraction of sp³-hybridized carbons (Fsp3) is 0.214. The molecule has 0 saturated carbocycles. The zero-order valence-electron chi connectivity index (χ0n) is 9.90. The zero-order chi connectivity index (χ0) is 13.0. The summed E-state index contributed by atoms with van der Waals surface area (Å²) < 4.78 is 10.4. The van der Waals surface area contributed by atoms with E-state index in [1.165, 1.54) is 6.07 Å². The van der Waals surface area contributed by atoms with E-state index < -0.39 is 0 Å². The van der Waals surface area contributed by atoms with Crippen LogP contribution in [0.3, 0.4) is 0 Å². The molecule has 0 aliphatic carbocycles. The molecule has 0 atom stereocenters. The van der Waals surface area contributed by atoms with E-state index in [0.29, 0.717) is 11.3 Å². The lowest BCUT2D eigenvalue weighted by molar-refractivity contribution is 0.347. The Morgan fingerprint density at radius 1 is 1.33 bits per heavy atom. The van der Waals surface area contributed by atoms with Crippen LogP contribution in [0.15, 0.2) is 33.5 Å². The Kier molecular flexibility index (Phi) is 3.66. The summed E-state index contributed by atoms with van der Waals surface area (Å²) in [7, 11) is 0. The molecular formula is C14H12O4. The highest BCUT2D eigenvalue weighted by molar-refractivity contribution is 5.81. The Labute approximate surface area is 104 Å². The average molecular weight is 244 g/mol. The number of aliphatic hydroxyl groups is 1. The maximum Gasteiger partial charge on any atom is 0.336 e. The third kappa shape index (κ3) is 2.70. The van der Waals surface area contributed by atoms with Crippen LogP contribution in [0.2, 0.25) is 0 Å². The van der Waals surface area contributed by atoms with Crippen LogP contribution < -0.4 is 10.4 Å². The molecule has 2 aromatic rings. The molecule has 0 radical (unpaired) electrons. The molecule has 0 spiro atoms. The zero-order valence-corrected chi connectivity index (χ0v) is 9.90. The number of aliphatic hydroxyl groups excluding tert-OH is 1. The second-order valence-electron chi connectivity index (χ2n) is 3.71. The van der Waals surface area contributed by atoms with Crippen molar-refractivity contribution in [3.63, 3.8) is 0 Å². The first-order chi connectivity index (χ1) is 8.70. The van der Waals surface area contributed by atoms with Crippen molar-refractivity contribution in [1.82, 2.24) is 0 Å². The largest absolute Gasteiger partial charge is 0.481 e. The van der Waals surface area contributed by atoms with Crippen LogP contribution in [0.25, 0.3) is 11.0 Å². The van der Waals surface area contributed by atoms with Gasteiger partial charge in [-0.15, -0.1) is 0 Å². The van der Waals surface area contributed by atoms with Gasteiger partial charge in [0.25, 0.3) is 0 Å². The third-order valence-electron chi connectivity index (χ3n) is 2.44. The van der Waals surface area contributed by atoms with Crippen molar-refractivity contribution in [2.24, 2.45) is 0 Å². The first-order valence-electron chi connectivity index (χ1n) is 5.44. The van der Waals surface area contributed by atoms with Gasteiger partial charge in [-0.05, 0) is 24.6 Å². The van der Waals surface area contributed by atoms with E-state index >= 15 is 0 Å². The van der Waals surface area contributed by atoms with E-state index in [1.54, 1.807) is 12.1 Å². The molecule has 1 N–H and O–H groups in total. The standard InChI is InChI=1S/C14H12O4/c1-10-8-14(16)18-13-9-11(4-5-12(10)13)17-7-3-2-6-15/h4-5,8-9,15H,6-7H2,1H3. The number of hydrogen-bond donors (Lipinski definition) is 1. The van der Waals surface area contributed by atoms with Gasteiger partial charge in [-0.1, -0.05) is 11.8 Å². The second-order valence-corrected chi connectivity index (χ2v) is 3.71. The molecule has 1 heterocycles. The molecule has 18 heavy (non-hydrogen) atoms. The highest BCUT2D eigenvalue weighted by atomic mass is 16.5. The first kappa shape index (κ1) is 12.2. The number of rotatable bonds is 2. The minimum atomic E-state index is -0.378. The van der Waals surface area contributed by atoms with Crippen LogP contribution in [-0.4, -0.2) is 18.3 Å². The van der Waals surface area contributed by atoms with Gasteiger partial charge in [0.15, 0.2) is 0 Å². The molecule has 0 unspecified atom stereocenters. The van der Waals surface area contributed by atoms with Crippen LogP contribution in [-0.2, 0) is 0 Å². The summed E-state index contributed by atoms with van der Waals surface area (Å²) in [6.45, 7) is 1.85. The Morgan fingerprint density at radius 3 is 2.94 bits per heavy atom. The van der Waals surface area contributed by atoms with Crippen molar-refractivity contribution in [3.8, 4) is 17.6 Å². The Bertz CT molecular complexity index is 673. The molecule has 0 amide bonds. The second kappa shape index (κ2) is 5.39. The molecule has 0 bridgehead atoms. The van der Waals surface area contributed by atoms with Crippen LogP contribution in [0.4, 0.5) is 0 Å². The van der Waals surface area contributed by atoms with Gasteiger partial charge < -0.3 is 14.3 Å². The molecule has 0 saturated heterocycles. The highest BCUT2D eigenvalue weighted by Gasteiger charge is 2.03. The van der Waals surface area contributed by atoms with Crippen molar-refractivity contribution >= 4 is 11.0 Å². The normalized spacial score (nSPS) is 9.89. The van der Waals surface area contributed by atoms with Crippen molar-refractivity contribution in [3.05, 3.63) is 40.2 Å². The first-order valence-corrected chi connectivity index (χ1v) is 5.44. The van der Waals surface area contributed by atoms with Crippen molar-refractivity contribution in [1.29, 1.82) is 0 Å². The predicted molar refractivity (Wildman–Crippen MR) is 67.6 cm³/mol. The van der Waals surface area contributed by atoms with Gasteiger partial charge in [0.05, 0.1) is 0 Å². The van der Waals surface area contributed by atoms with E-state index in [4.69, 9.17) is 14.3 Å². The monoisotopic (exact) mass is 244 g/mol. The minimum absolute atomic E-state index is 0.183. The molecule has 1 aromatic carbocycles. The summed E-state index contributed by atoms with van der Waals surface area (Å²) in [4.78, 5) is 11.3. The van der Waals surface area contributed by atoms with E-state index in [-0.39, 0.29) is 18.8 Å². The van der Waals surface area contributed by atoms with Crippen molar-refractivity contribution in [2.75, 3.05) is 13.2 Å². The number of benzene rings is 1. The maximum atomic E-state index is 11.3. The van der Waals surface area contributed by atoms with E-state index in [0.717, 1.165) is 10.9 Å². The summed E-state index contributed by atoms with van der Waals surface area (Å²) in [6, 6.07) is 6.73. The Hall–Kier alpha value is -2.25. The number of ether oxygens (including phenoxy) is 1. The fourth-order valence-electron chi connectivity index (χ4n) is 1.62.